The first-order valence-electron chi connectivity index (χ1n) is 7.79. The summed E-state index contributed by atoms with van der Waals surface area (Å²) >= 11 is 3.40. The van der Waals surface area contributed by atoms with Crippen molar-refractivity contribution in [1.29, 1.82) is 0 Å². The monoisotopic (exact) mass is 372 g/mol. The van der Waals surface area contributed by atoms with Gasteiger partial charge in [-0.05, 0) is 35.7 Å². The van der Waals surface area contributed by atoms with E-state index in [4.69, 9.17) is 4.42 Å². The third-order valence-electron chi connectivity index (χ3n) is 4.39. The second-order valence-corrected chi connectivity index (χ2v) is 6.88. The van der Waals surface area contributed by atoms with Gasteiger partial charge in [0.15, 0.2) is 5.58 Å². The first kappa shape index (κ1) is 14.7. The van der Waals surface area contributed by atoms with Gasteiger partial charge in [-0.1, -0.05) is 40.2 Å². The molecule has 0 unspecified atom stereocenters. The molecule has 0 bridgehead atoms. The first-order valence-corrected chi connectivity index (χ1v) is 8.58. The van der Waals surface area contributed by atoms with Crippen LogP contribution in [-0.2, 0) is 19.6 Å². The van der Waals surface area contributed by atoms with Gasteiger partial charge in [-0.25, -0.2) is 4.79 Å². The lowest BCUT2D eigenvalue weighted by molar-refractivity contribution is 0.273. The van der Waals surface area contributed by atoms with Crippen LogP contribution in [0.25, 0.3) is 11.1 Å². The molecular weight excluding hydrogens is 356 g/mol. The van der Waals surface area contributed by atoms with Gasteiger partial charge in [-0.15, -0.1) is 0 Å². The molecule has 0 saturated heterocycles. The summed E-state index contributed by atoms with van der Waals surface area (Å²) in [6.07, 6.45) is 0.929. The van der Waals surface area contributed by atoms with Crippen LogP contribution >= 0.6 is 15.9 Å². The Balaban J connectivity index is 1.43. The van der Waals surface area contributed by atoms with Crippen molar-refractivity contribution in [3.8, 4) is 0 Å². The number of aryl methyl sites for hydroxylation is 1. The Hall–Kier alpha value is -1.85. The summed E-state index contributed by atoms with van der Waals surface area (Å²) < 4.78 is 7.96. The molecule has 0 aliphatic carbocycles. The molecule has 0 N–H and O–H groups in total. The van der Waals surface area contributed by atoms with Gasteiger partial charge in [-0.2, -0.15) is 0 Å². The van der Waals surface area contributed by atoms with Crippen molar-refractivity contribution in [3.63, 3.8) is 0 Å². The Morgan fingerprint density at radius 2 is 1.78 bits per heavy atom. The fourth-order valence-electron chi connectivity index (χ4n) is 3.27. The molecule has 1 aromatic heterocycles. The number of aromatic nitrogens is 1. The number of nitrogens with zero attached hydrogens (tertiary/aromatic N) is 2. The van der Waals surface area contributed by atoms with Gasteiger partial charge in [0.05, 0.1) is 5.52 Å². The molecule has 3 aromatic rings. The van der Waals surface area contributed by atoms with E-state index in [2.05, 4.69) is 45.1 Å². The van der Waals surface area contributed by atoms with E-state index < -0.39 is 0 Å². The minimum absolute atomic E-state index is 0.275. The highest BCUT2D eigenvalue weighted by Gasteiger charge is 2.18. The van der Waals surface area contributed by atoms with Gasteiger partial charge >= 0.3 is 5.76 Å². The maximum atomic E-state index is 12.0. The second-order valence-electron chi connectivity index (χ2n) is 5.96. The number of rotatable bonds is 4. The number of fused-ring (bicyclic) bond motifs is 2. The van der Waals surface area contributed by atoms with Gasteiger partial charge in [0.1, 0.15) is 0 Å². The molecule has 2 heterocycles. The molecular formula is C18H17BrN2O2. The predicted molar refractivity (Wildman–Crippen MR) is 93.3 cm³/mol. The zero-order valence-electron chi connectivity index (χ0n) is 12.7. The summed E-state index contributed by atoms with van der Waals surface area (Å²) in [5.74, 6) is -0.275. The Morgan fingerprint density at radius 1 is 1.04 bits per heavy atom. The van der Waals surface area contributed by atoms with Gasteiger partial charge in [-0.3, -0.25) is 9.47 Å². The maximum Gasteiger partial charge on any atom is 0.419 e. The van der Waals surface area contributed by atoms with Gasteiger partial charge in [0.2, 0.25) is 0 Å². The zero-order chi connectivity index (χ0) is 15.8. The molecule has 23 heavy (non-hydrogen) atoms. The molecule has 4 rings (SSSR count). The Labute approximate surface area is 142 Å². The summed E-state index contributed by atoms with van der Waals surface area (Å²) in [6.45, 7) is 3.67. The highest BCUT2D eigenvalue weighted by molar-refractivity contribution is 9.10. The van der Waals surface area contributed by atoms with Crippen LogP contribution in [0.1, 0.15) is 17.5 Å². The number of hydrogen-bond donors (Lipinski definition) is 0. The summed E-state index contributed by atoms with van der Waals surface area (Å²) in [5, 5.41) is 0. The van der Waals surface area contributed by atoms with Crippen molar-refractivity contribution in [2.24, 2.45) is 0 Å². The van der Waals surface area contributed by atoms with E-state index in [9.17, 15) is 4.79 Å². The highest BCUT2D eigenvalue weighted by Crippen LogP contribution is 2.23. The zero-order valence-corrected chi connectivity index (χ0v) is 14.3. The molecule has 1 aliphatic rings. The van der Waals surface area contributed by atoms with E-state index >= 15 is 0 Å². The fraction of sp³-hybridized carbons (Fsp3) is 0.278. The molecule has 4 nitrogen and oxygen atoms in total. The molecule has 0 atom stereocenters. The SMILES string of the molecule is O=c1oc2cc(Br)ccc2n1CCCN1Cc2ccccc2C1. The predicted octanol–water partition coefficient (Wildman–Crippen LogP) is 3.76. The van der Waals surface area contributed by atoms with Crippen LogP contribution < -0.4 is 5.76 Å². The molecule has 5 heteroatoms. The standard InChI is InChI=1S/C18H17BrN2O2/c19-15-6-7-16-17(10-15)23-18(22)21(16)9-3-8-20-11-13-4-1-2-5-14(13)12-20/h1-2,4-7,10H,3,8-9,11-12H2. The van der Waals surface area contributed by atoms with Crippen LogP contribution in [0, 0.1) is 0 Å². The number of benzene rings is 2. The molecule has 0 saturated carbocycles. The van der Waals surface area contributed by atoms with Crippen LogP contribution in [0.2, 0.25) is 0 Å². The normalized spacial score (nSPS) is 14.5. The van der Waals surface area contributed by atoms with Crippen molar-refractivity contribution in [3.05, 3.63) is 68.6 Å². The van der Waals surface area contributed by atoms with Crippen LogP contribution in [0.15, 0.2) is 56.1 Å². The van der Waals surface area contributed by atoms with Crippen molar-refractivity contribution >= 4 is 27.0 Å². The van der Waals surface area contributed by atoms with Gasteiger partial charge in [0.25, 0.3) is 0 Å². The van der Waals surface area contributed by atoms with Crippen molar-refractivity contribution < 1.29 is 4.42 Å². The Morgan fingerprint density at radius 3 is 2.52 bits per heavy atom. The lowest BCUT2D eigenvalue weighted by atomic mass is 10.1. The number of oxazole rings is 1. The summed E-state index contributed by atoms with van der Waals surface area (Å²) in [5.41, 5.74) is 4.34. The lowest BCUT2D eigenvalue weighted by Crippen LogP contribution is -2.21. The van der Waals surface area contributed by atoms with E-state index in [1.54, 1.807) is 4.57 Å². The highest BCUT2D eigenvalue weighted by atomic mass is 79.9. The van der Waals surface area contributed by atoms with E-state index in [0.717, 1.165) is 36.0 Å². The quantitative estimate of drug-likeness (QED) is 0.699. The fourth-order valence-corrected chi connectivity index (χ4v) is 3.61. The largest absolute Gasteiger partial charge is 0.419 e. The molecule has 1 aliphatic heterocycles. The van der Waals surface area contributed by atoms with Crippen molar-refractivity contribution in [2.75, 3.05) is 6.54 Å². The van der Waals surface area contributed by atoms with E-state index in [-0.39, 0.29) is 5.76 Å². The Bertz CT molecular complexity index is 888. The summed E-state index contributed by atoms with van der Waals surface area (Å²) in [6, 6.07) is 14.3. The smallest absolute Gasteiger partial charge is 0.408 e. The average Bonchev–Trinajstić information content (AvgIpc) is 3.07. The van der Waals surface area contributed by atoms with E-state index in [0.29, 0.717) is 12.1 Å². The Kier molecular flexibility index (Phi) is 3.83. The molecule has 0 fully saturated rings. The minimum Gasteiger partial charge on any atom is -0.408 e. The van der Waals surface area contributed by atoms with Crippen LogP contribution in [0.5, 0.6) is 0 Å². The lowest BCUT2D eigenvalue weighted by Gasteiger charge is -2.14. The summed E-state index contributed by atoms with van der Waals surface area (Å²) in [7, 11) is 0. The van der Waals surface area contributed by atoms with Crippen LogP contribution in [-0.4, -0.2) is 16.0 Å². The minimum atomic E-state index is -0.275. The van der Waals surface area contributed by atoms with Crippen molar-refractivity contribution in [2.45, 2.75) is 26.1 Å². The van der Waals surface area contributed by atoms with Crippen molar-refractivity contribution in [1.82, 2.24) is 9.47 Å². The van der Waals surface area contributed by atoms with Gasteiger partial charge in [0, 0.05) is 30.7 Å². The molecule has 2 aromatic carbocycles. The molecule has 0 amide bonds. The third-order valence-corrected chi connectivity index (χ3v) is 4.89. The van der Waals surface area contributed by atoms with Crippen LogP contribution in [0.4, 0.5) is 0 Å². The molecule has 118 valence electrons. The van der Waals surface area contributed by atoms with E-state index in [1.807, 2.05) is 18.2 Å². The second kappa shape index (κ2) is 5.98. The van der Waals surface area contributed by atoms with E-state index in [1.165, 1.54) is 11.1 Å². The number of hydrogen-bond acceptors (Lipinski definition) is 3. The average molecular weight is 373 g/mol. The molecule has 0 spiro atoms. The summed E-state index contributed by atoms with van der Waals surface area (Å²) in [4.78, 5) is 14.4. The van der Waals surface area contributed by atoms with Gasteiger partial charge < -0.3 is 4.42 Å². The number of halogens is 1. The molecule has 0 radical (unpaired) electrons. The first-order chi connectivity index (χ1) is 11.2. The topological polar surface area (TPSA) is 38.4 Å². The van der Waals surface area contributed by atoms with Crippen LogP contribution in [0.3, 0.4) is 0 Å². The maximum absolute atomic E-state index is 12.0. The third kappa shape index (κ3) is 2.86.